The van der Waals surface area contributed by atoms with Gasteiger partial charge in [-0.15, -0.1) is 0 Å². The third-order valence-corrected chi connectivity index (χ3v) is 6.13. The molecule has 0 aliphatic rings. The molecule has 128 valence electrons. The Kier molecular flexibility index (Phi) is 12.3. The zero-order chi connectivity index (χ0) is 17.8. The lowest BCUT2D eigenvalue weighted by Crippen LogP contribution is -2.13. The summed E-state index contributed by atoms with van der Waals surface area (Å²) in [5, 5.41) is 3.09. The van der Waals surface area contributed by atoms with Crippen molar-refractivity contribution in [1.29, 1.82) is 0 Å². The van der Waals surface area contributed by atoms with Crippen LogP contribution in [0.3, 0.4) is 0 Å². The largest absolute Gasteiger partial charge is 0.0814 e. The molecule has 2 rings (SSSR count). The van der Waals surface area contributed by atoms with Gasteiger partial charge in [0.1, 0.15) is 0 Å². The van der Waals surface area contributed by atoms with Crippen molar-refractivity contribution >= 4 is 26.5 Å². The summed E-state index contributed by atoms with van der Waals surface area (Å²) in [6.07, 6.45) is 1.08. The second kappa shape index (κ2) is 12.7. The SMILES string of the molecule is CC.CC.CP(C)c1ccccc1Cc1ccccc1P(C)C. The second-order valence-electron chi connectivity index (χ2n) is 5.22. The van der Waals surface area contributed by atoms with Gasteiger partial charge < -0.3 is 0 Å². The van der Waals surface area contributed by atoms with Crippen LogP contribution in [0, 0.1) is 0 Å². The van der Waals surface area contributed by atoms with Gasteiger partial charge in [0.15, 0.2) is 0 Å². The molecule has 0 atom stereocenters. The Labute approximate surface area is 147 Å². The molecule has 23 heavy (non-hydrogen) atoms. The fraction of sp³-hybridized carbons (Fsp3) is 0.429. The summed E-state index contributed by atoms with van der Waals surface area (Å²) in [5.41, 5.74) is 3.01. The molecular weight excluding hydrogens is 314 g/mol. The minimum Gasteiger partial charge on any atom is -0.0814 e. The van der Waals surface area contributed by atoms with Crippen molar-refractivity contribution in [3.05, 3.63) is 59.7 Å². The van der Waals surface area contributed by atoms with Crippen molar-refractivity contribution in [2.24, 2.45) is 0 Å². The molecule has 2 aromatic carbocycles. The van der Waals surface area contributed by atoms with Gasteiger partial charge in [-0.3, -0.25) is 0 Å². The molecule has 0 saturated heterocycles. The highest BCUT2D eigenvalue weighted by molar-refractivity contribution is 7.64. The molecule has 0 saturated carbocycles. The molecule has 0 aliphatic heterocycles. The summed E-state index contributed by atoms with van der Waals surface area (Å²) >= 11 is 0. The van der Waals surface area contributed by atoms with E-state index in [4.69, 9.17) is 0 Å². The standard InChI is InChI=1S/C17H22P2.2C2H6/c1-18(2)16-11-7-5-9-14(16)13-15-10-6-8-12-17(15)19(3)4;2*1-2/h5-12H,13H2,1-4H3;2*1-2H3. The fourth-order valence-corrected chi connectivity index (χ4v) is 4.62. The van der Waals surface area contributed by atoms with E-state index in [0.717, 1.165) is 6.42 Å². The fourth-order valence-electron chi connectivity index (χ4n) is 2.40. The van der Waals surface area contributed by atoms with Gasteiger partial charge in [0, 0.05) is 0 Å². The van der Waals surface area contributed by atoms with Gasteiger partial charge in [-0.2, -0.15) is 0 Å². The van der Waals surface area contributed by atoms with Gasteiger partial charge in [0.25, 0.3) is 0 Å². The van der Waals surface area contributed by atoms with Gasteiger partial charge in [-0.1, -0.05) is 92.1 Å². The Morgan fingerprint density at radius 3 is 1.17 bits per heavy atom. The summed E-state index contributed by atoms with van der Waals surface area (Å²) in [5.74, 6) is 0. The first-order chi connectivity index (χ1) is 11.1. The summed E-state index contributed by atoms with van der Waals surface area (Å²) in [6, 6.07) is 17.8. The first-order valence-corrected chi connectivity index (χ1v) is 13.1. The van der Waals surface area contributed by atoms with E-state index in [1.807, 2.05) is 27.7 Å². The topological polar surface area (TPSA) is 0 Å². The van der Waals surface area contributed by atoms with Crippen LogP contribution in [-0.4, -0.2) is 26.7 Å². The van der Waals surface area contributed by atoms with Crippen LogP contribution in [0.2, 0.25) is 0 Å². The highest BCUT2D eigenvalue weighted by atomic mass is 31.1. The molecule has 0 heterocycles. The minimum atomic E-state index is -0.0322. The van der Waals surface area contributed by atoms with Crippen LogP contribution in [0.5, 0.6) is 0 Å². The average molecular weight is 348 g/mol. The first kappa shape index (κ1) is 22.3. The smallest absolute Gasteiger partial charge is 0.00131 e. The summed E-state index contributed by atoms with van der Waals surface area (Å²) in [6.45, 7) is 17.4. The monoisotopic (exact) mass is 348 g/mol. The highest BCUT2D eigenvalue weighted by Gasteiger charge is 2.10. The second-order valence-corrected chi connectivity index (χ2v) is 9.76. The molecule has 0 N–H and O–H groups in total. The number of hydrogen-bond donors (Lipinski definition) is 0. The van der Waals surface area contributed by atoms with E-state index in [-0.39, 0.29) is 15.8 Å². The van der Waals surface area contributed by atoms with E-state index in [1.54, 1.807) is 10.6 Å². The zero-order valence-electron chi connectivity index (χ0n) is 16.2. The van der Waals surface area contributed by atoms with Crippen molar-refractivity contribution < 1.29 is 0 Å². The van der Waals surface area contributed by atoms with Gasteiger partial charge >= 0.3 is 0 Å². The molecule has 2 heteroatoms. The van der Waals surface area contributed by atoms with Crippen LogP contribution in [0.4, 0.5) is 0 Å². The summed E-state index contributed by atoms with van der Waals surface area (Å²) in [4.78, 5) is 0. The predicted octanol–water partition coefficient (Wildman–Crippen LogP) is 6.06. The number of hydrogen-bond acceptors (Lipinski definition) is 0. The van der Waals surface area contributed by atoms with Gasteiger partial charge in [-0.05, 0) is 54.8 Å². The molecule has 0 unspecified atom stereocenters. The van der Waals surface area contributed by atoms with Crippen LogP contribution < -0.4 is 10.6 Å². The molecule has 0 fully saturated rings. The van der Waals surface area contributed by atoms with Crippen molar-refractivity contribution in [3.8, 4) is 0 Å². The van der Waals surface area contributed by atoms with Crippen molar-refractivity contribution in [3.63, 3.8) is 0 Å². The van der Waals surface area contributed by atoms with E-state index in [1.165, 1.54) is 11.1 Å². The number of benzene rings is 2. The quantitative estimate of drug-likeness (QED) is 0.589. The highest BCUT2D eigenvalue weighted by Crippen LogP contribution is 2.29. The molecule has 0 aromatic heterocycles. The van der Waals surface area contributed by atoms with Crippen molar-refractivity contribution in [2.45, 2.75) is 34.1 Å². The lowest BCUT2D eigenvalue weighted by molar-refractivity contribution is 1.22. The lowest BCUT2D eigenvalue weighted by Gasteiger charge is -2.16. The molecule has 0 radical (unpaired) electrons. The van der Waals surface area contributed by atoms with Crippen LogP contribution in [0.1, 0.15) is 38.8 Å². The van der Waals surface area contributed by atoms with E-state index < -0.39 is 0 Å². The van der Waals surface area contributed by atoms with Crippen molar-refractivity contribution in [1.82, 2.24) is 0 Å². The normalized spacial score (nSPS) is 9.83. The minimum absolute atomic E-state index is 0.0322. The van der Waals surface area contributed by atoms with Crippen molar-refractivity contribution in [2.75, 3.05) is 26.7 Å². The Balaban J connectivity index is 0.00000112. The maximum Gasteiger partial charge on any atom is -0.00131 e. The Morgan fingerprint density at radius 1 is 0.565 bits per heavy atom. The molecular formula is C21H34P2. The predicted molar refractivity (Wildman–Crippen MR) is 115 cm³/mol. The summed E-state index contributed by atoms with van der Waals surface area (Å²) < 4.78 is 0. The average Bonchev–Trinajstić information content (AvgIpc) is 2.59. The Hall–Kier alpha value is -0.700. The van der Waals surface area contributed by atoms with Crippen LogP contribution in [-0.2, 0) is 6.42 Å². The van der Waals surface area contributed by atoms with Crippen LogP contribution in [0.25, 0.3) is 0 Å². The third kappa shape index (κ3) is 7.15. The van der Waals surface area contributed by atoms with Gasteiger partial charge in [0.05, 0.1) is 0 Å². The Morgan fingerprint density at radius 2 is 0.870 bits per heavy atom. The van der Waals surface area contributed by atoms with Crippen LogP contribution in [0.15, 0.2) is 48.5 Å². The van der Waals surface area contributed by atoms with E-state index >= 15 is 0 Å². The van der Waals surface area contributed by atoms with E-state index in [0.29, 0.717) is 0 Å². The molecule has 0 nitrogen and oxygen atoms in total. The molecule has 0 amide bonds. The van der Waals surface area contributed by atoms with E-state index in [9.17, 15) is 0 Å². The maximum absolute atomic E-state index is 2.34. The lowest BCUT2D eigenvalue weighted by atomic mass is 10.1. The Bertz CT molecular complexity index is 496. The third-order valence-electron chi connectivity index (χ3n) is 3.33. The molecule has 0 spiro atoms. The first-order valence-electron chi connectivity index (χ1n) is 8.60. The van der Waals surface area contributed by atoms with E-state index in [2.05, 4.69) is 75.2 Å². The van der Waals surface area contributed by atoms with Crippen LogP contribution >= 0.6 is 15.8 Å². The zero-order valence-corrected chi connectivity index (χ0v) is 18.0. The summed E-state index contributed by atoms with van der Waals surface area (Å²) in [7, 11) is -0.0645. The van der Waals surface area contributed by atoms with Gasteiger partial charge in [0.2, 0.25) is 0 Å². The maximum atomic E-state index is 2.34. The van der Waals surface area contributed by atoms with Gasteiger partial charge in [-0.25, -0.2) is 0 Å². The molecule has 0 bridgehead atoms. The number of rotatable bonds is 4. The molecule has 2 aromatic rings. The molecule has 0 aliphatic carbocycles.